The van der Waals surface area contributed by atoms with Crippen molar-refractivity contribution in [2.24, 2.45) is 0 Å². The van der Waals surface area contributed by atoms with Gasteiger partial charge in [-0.3, -0.25) is 0 Å². The fourth-order valence-corrected chi connectivity index (χ4v) is 1.42. The first-order chi connectivity index (χ1) is 9.48. The molecule has 2 rings (SSSR count). The Morgan fingerprint density at radius 1 is 1.25 bits per heavy atom. The highest BCUT2D eigenvalue weighted by Crippen LogP contribution is 2.26. The maximum absolute atomic E-state index is 12.1. The number of rotatable bonds is 3. The zero-order valence-electron chi connectivity index (χ0n) is 9.85. The van der Waals surface area contributed by atoms with Gasteiger partial charge in [-0.15, -0.1) is 18.3 Å². The molecule has 8 heteroatoms. The summed E-state index contributed by atoms with van der Waals surface area (Å²) < 4.78 is 40.1. The van der Waals surface area contributed by atoms with Crippen LogP contribution in [-0.2, 0) is 0 Å². The van der Waals surface area contributed by atoms with E-state index in [4.69, 9.17) is 5.26 Å². The number of benzene rings is 1. The van der Waals surface area contributed by atoms with Crippen LogP contribution in [0.5, 0.6) is 5.75 Å². The van der Waals surface area contributed by atoms with Crippen molar-refractivity contribution in [3.05, 3.63) is 42.1 Å². The van der Waals surface area contributed by atoms with Crippen molar-refractivity contribution in [1.29, 1.82) is 5.26 Å². The average molecular weight is 280 g/mol. The van der Waals surface area contributed by atoms with E-state index in [1.165, 1.54) is 30.5 Å². The lowest BCUT2D eigenvalue weighted by Gasteiger charge is -2.11. The van der Waals surface area contributed by atoms with Gasteiger partial charge in [-0.1, -0.05) is 6.07 Å². The van der Waals surface area contributed by atoms with Crippen LogP contribution in [0.3, 0.4) is 0 Å². The summed E-state index contributed by atoms with van der Waals surface area (Å²) >= 11 is 0. The van der Waals surface area contributed by atoms with Crippen molar-refractivity contribution in [3.8, 4) is 11.8 Å². The smallest absolute Gasteiger partial charge is 0.406 e. The summed E-state index contributed by atoms with van der Waals surface area (Å²) in [4.78, 5) is 0. The maximum Gasteiger partial charge on any atom is 0.573 e. The normalized spacial score (nSPS) is 10.7. The van der Waals surface area contributed by atoms with Crippen molar-refractivity contribution in [3.63, 3.8) is 0 Å². The third-order valence-electron chi connectivity index (χ3n) is 2.17. The van der Waals surface area contributed by atoms with Crippen molar-refractivity contribution < 1.29 is 17.9 Å². The van der Waals surface area contributed by atoms with Crippen LogP contribution < -0.4 is 10.1 Å². The molecule has 0 aliphatic heterocycles. The maximum atomic E-state index is 12.1. The summed E-state index contributed by atoms with van der Waals surface area (Å²) in [6.45, 7) is 0. The lowest BCUT2D eigenvalue weighted by Crippen LogP contribution is -2.17. The van der Waals surface area contributed by atoms with E-state index in [1.807, 2.05) is 6.07 Å². The summed E-state index contributed by atoms with van der Waals surface area (Å²) in [7, 11) is 0. The Labute approximate surface area is 111 Å². The Morgan fingerprint density at radius 3 is 2.75 bits per heavy atom. The topological polar surface area (TPSA) is 70.8 Å². The van der Waals surface area contributed by atoms with Gasteiger partial charge in [0.25, 0.3) is 0 Å². The quantitative estimate of drug-likeness (QED) is 0.935. The van der Waals surface area contributed by atoms with E-state index >= 15 is 0 Å². The largest absolute Gasteiger partial charge is 0.573 e. The second-order valence-corrected chi connectivity index (χ2v) is 3.61. The molecule has 1 aromatic heterocycles. The molecular formula is C12H7F3N4O. The lowest BCUT2D eigenvalue weighted by atomic mass is 10.2. The fourth-order valence-electron chi connectivity index (χ4n) is 1.42. The molecule has 2 aromatic rings. The molecular weight excluding hydrogens is 273 g/mol. The van der Waals surface area contributed by atoms with E-state index in [0.29, 0.717) is 5.69 Å². The number of hydrogen-bond donors (Lipinski definition) is 1. The number of aromatic nitrogens is 2. The van der Waals surface area contributed by atoms with Gasteiger partial charge in [-0.2, -0.15) is 10.4 Å². The molecule has 102 valence electrons. The highest BCUT2D eigenvalue weighted by atomic mass is 19.4. The van der Waals surface area contributed by atoms with Crippen LogP contribution >= 0.6 is 0 Å². The van der Waals surface area contributed by atoms with Crippen LogP contribution in [0.4, 0.5) is 24.7 Å². The molecule has 20 heavy (non-hydrogen) atoms. The number of alkyl halides is 3. The zero-order chi connectivity index (χ0) is 14.6. The van der Waals surface area contributed by atoms with Crippen LogP contribution in [-0.4, -0.2) is 16.6 Å². The van der Waals surface area contributed by atoms with Crippen molar-refractivity contribution in [2.75, 3.05) is 5.32 Å². The number of hydrogen-bond acceptors (Lipinski definition) is 5. The number of halogens is 3. The average Bonchev–Trinajstić information content (AvgIpc) is 2.38. The van der Waals surface area contributed by atoms with Gasteiger partial charge in [0.1, 0.15) is 11.8 Å². The second kappa shape index (κ2) is 5.44. The summed E-state index contributed by atoms with van der Waals surface area (Å²) in [5.74, 6) is -0.218. The molecule has 5 nitrogen and oxygen atoms in total. The van der Waals surface area contributed by atoms with Crippen molar-refractivity contribution in [2.45, 2.75) is 6.36 Å². The minimum atomic E-state index is -4.76. The molecule has 0 bridgehead atoms. The molecule has 1 N–H and O–H groups in total. The van der Waals surface area contributed by atoms with Gasteiger partial charge >= 0.3 is 6.36 Å². The molecule has 0 unspecified atom stereocenters. The SMILES string of the molecule is N#Cc1ccnnc1Nc1cccc(OC(F)(F)F)c1. The number of nitrogens with one attached hydrogen (secondary N) is 1. The van der Waals surface area contributed by atoms with Crippen LogP contribution in [0.2, 0.25) is 0 Å². The lowest BCUT2D eigenvalue weighted by molar-refractivity contribution is -0.274. The summed E-state index contributed by atoms with van der Waals surface area (Å²) in [6, 6.07) is 8.53. The third-order valence-corrected chi connectivity index (χ3v) is 2.17. The number of nitriles is 1. The van der Waals surface area contributed by atoms with Crippen molar-refractivity contribution >= 4 is 11.5 Å². The molecule has 1 heterocycles. The Kier molecular flexibility index (Phi) is 3.70. The Morgan fingerprint density at radius 2 is 2.05 bits per heavy atom. The van der Waals surface area contributed by atoms with E-state index < -0.39 is 6.36 Å². The number of nitrogens with zero attached hydrogens (tertiary/aromatic N) is 3. The van der Waals surface area contributed by atoms with Gasteiger partial charge in [0.2, 0.25) is 0 Å². The number of anilines is 2. The van der Waals surface area contributed by atoms with E-state index in [-0.39, 0.29) is 17.1 Å². The molecule has 0 aliphatic carbocycles. The van der Waals surface area contributed by atoms with E-state index in [2.05, 4.69) is 20.3 Å². The fraction of sp³-hybridized carbons (Fsp3) is 0.0833. The van der Waals surface area contributed by atoms with Gasteiger partial charge in [0, 0.05) is 11.8 Å². The van der Waals surface area contributed by atoms with Crippen LogP contribution in [0.15, 0.2) is 36.5 Å². The van der Waals surface area contributed by atoms with Gasteiger partial charge < -0.3 is 10.1 Å². The Hall–Kier alpha value is -2.82. The first-order valence-corrected chi connectivity index (χ1v) is 5.32. The minimum Gasteiger partial charge on any atom is -0.406 e. The molecule has 0 radical (unpaired) electrons. The van der Waals surface area contributed by atoms with Crippen molar-refractivity contribution in [1.82, 2.24) is 10.2 Å². The monoisotopic (exact) mass is 280 g/mol. The predicted molar refractivity (Wildman–Crippen MR) is 63.2 cm³/mol. The zero-order valence-corrected chi connectivity index (χ0v) is 9.85. The van der Waals surface area contributed by atoms with Crippen LogP contribution in [0.1, 0.15) is 5.56 Å². The van der Waals surface area contributed by atoms with E-state index in [0.717, 1.165) is 6.07 Å². The highest BCUT2D eigenvalue weighted by molar-refractivity contribution is 5.63. The summed E-state index contributed by atoms with van der Waals surface area (Å²) in [5.41, 5.74) is 0.519. The molecule has 0 atom stereocenters. The van der Waals surface area contributed by atoms with E-state index in [1.54, 1.807) is 0 Å². The predicted octanol–water partition coefficient (Wildman–Crippen LogP) is 2.99. The van der Waals surface area contributed by atoms with Crippen LogP contribution in [0, 0.1) is 11.3 Å². The summed E-state index contributed by atoms with van der Waals surface area (Å²) in [5, 5.41) is 18.9. The molecule has 0 amide bonds. The molecule has 1 aromatic carbocycles. The van der Waals surface area contributed by atoms with Gasteiger partial charge in [0.05, 0.1) is 11.8 Å². The summed E-state index contributed by atoms with van der Waals surface area (Å²) in [6.07, 6.45) is -3.42. The first kappa shape index (κ1) is 13.6. The molecule has 0 saturated carbocycles. The molecule has 0 fully saturated rings. The minimum absolute atomic E-state index is 0.152. The van der Waals surface area contributed by atoms with Gasteiger partial charge in [0.15, 0.2) is 5.82 Å². The number of ether oxygens (including phenoxy) is 1. The first-order valence-electron chi connectivity index (χ1n) is 5.32. The molecule has 0 saturated heterocycles. The van der Waals surface area contributed by atoms with Gasteiger partial charge in [-0.25, -0.2) is 0 Å². The second-order valence-electron chi connectivity index (χ2n) is 3.61. The molecule has 0 spiro atoms. The van der Waals surface area contributed by atoms with Crippen LogP contribution in [0.25, 0.3) is 0 Å². The molecule has 0 aliphatic rings. The van der Waals surface area contributed by atoms with Gasteiger partial charge in [-0.05, 0) is 18.2 Å². The Bertz CT molecular complexity index is 652. The third kappa shape index (κ3) is 3.58. The highest BCUT2D eigenvalue weighted by Gasteiger charge is 2.31. The van der Waals surface area contributed by atoms with E-state index in [9.17, 15) is 13.2 Å². The Balaban J connectivity index is 2.22. The standard InChI is InChI=1S/C12H7F3N4O/c13-12(14,15)20-10-3-1-2-9(6-10)18-11-8(7-16)4-5-17-19-11/h1-6H,(H,18,19).